The van der Waals surface area contributed by atoms with Crippen molar-refractivity contribution in [1.82, 2.24) is 0 Å². The Morgan fingerprint density at radius 1 is 0.464 bits per heavy atom. The van der Waals surface area contributed by atoms with Gasteiger partial charge in [0.05, 0.1) is 0 Å². The Balaban J connectivity index is 2.08. The largest absolute Gasteiger partial charge is 0.524 e. The van der Waals surface area contributed by atoms with Crippen molar-refractivity contribution in [2.45, 2.75) is 0 Å². The maximum atomic E-state index is 11.6. The van der Waals surface area contributed by atoms with Crippen molar-refractivity contribution in [2.24, 2.45) is 0 Å². The predicted octanol–water partition coefficient (Wildman–Crippen LogP) is 2.42. The molecule has 10 heteroatoms. The zero-order chi connectivity index (χ0) is 19.4. The second-order valence-electron chi connectivity index (χ2n) is 5.69. The van der Waals surface area contributed by atoms with E-state index >= 15 is 0 Å². The van der Waals surface area contributed by atoms with E-state index in [0.717, 1.165) is 0 Å². The molecule has 3 aromatic carbocycles. The van der Waals surface area contributed by atoms with Crippen LogP contribution in [0.4, 0.5) is 0 Å². The lowest BCUT2D eigenvalue weighted by molar-refractivity contribution is 0.280. The van der Waals surface area contributed by atoms with Crippen LogP contribution in [0.2, 0.25) is 0 Å². The second-order valence-corrected chi connectivity index (χ2v) is 5.69. The van der Waals surface area contributed by atoms with Gasteiger partial charge in [0.25, 0.3) is 0 Å². The molecule has 10 nitrogen and oxygen atoms in total. The molecule has 0 saturated heterocycles. The molecule has 138 valence electrons. The van der Waals surface area contributed by atoms with E-state index in [2.05, 4.69) is 8.83 Å². The molecule has 0 bridgehead atoms. The van der Waals surface area contributed by atoms with E-state index in [1.165, 1.54) is 18.2 Å². The Bertz CT molecular complexity index is 1570. The third-order valence-electron chi connectivity index (χ3n) is 4.08. The first kappa shape index (κ1) is 15.9. The van der Waals surface area contributed by atoms with Gasteiger partial charge in [-0.1, -0.05) is 12.1 Å². The molecule has 0 fully saturated rings. The van der Waals surface area contributed by atoms with Gasteiger partial charge in [-0.05, 0) is 35.0 Å². The number of hydrogen-bond acceptors (Lipinski definition) is 10. The molecule has 0 N–H and O–H groups in total. The van der Waals surface area contributed by atoms with Crippen molar-refractivity contribution in [3.05, 3.63) is 78.9 Å². The predicted molar refractivity (Wildman–Crippen MR) is 92.8 cm³/mol. The Morgan fingerprint density at radius 3 is 1.36 bits per heavy atom. The Hall–Kier alpha value is -4.34. The summed E-state index contributed by atoms with van der Waals surface area (Å²) in [6.45, 7) is 0. The van der Waals surface area contributed by atoms with Gasteiger partial charge < -0.3 is 26.5 Å². The van der Waals surface area contributed by atoms with E-state index < -0.39 is 23.3 Å². The summed E-state index contributed by atoms with van der Waals surface area (Å²) in [4.78, 5) is 46.1. The minimum atomic E-state index is -1.25. The van der Waals surface area contributed by atoms with E-state index in [4.69, 9.17) is 17.7 Å². The van der Waals surface area contributed by atoms with Crippen LogP contribution in [0.3, 0.4) is 0 Å². The van der Waals surface area contributed by atoms with Crippen LogP contribution >= 0.6 is 0 Å². The van der Waals surface area contributed by atoms with E-state index in [9.17, 15) is 19.2 Å². The first-order valence-electron chi connectivity index (χ1n) is 7.74. The number of rotatable bonds is 0. The fourth-order valence-corrected chi connectivity index (χ4v) is 2.99. The fraction of sp³-hybridized carbons (Fsp3) is 0. The Labute approximate surface area is 150 Å². The first-order chi connectivity index (χ1) is 13.5. The van der Waals surface area contributed by atoms with Gasteiger partial charge in [-0.25, -0.2) is 19.2 Å². The van der Waals surface area contributed by atoms with Crippen LogP contribution in [0.15, 0.2) is 82.1 Å². The number of hydrogen-bond donors (Lipinski definition) is 0. The molecule has 0 radical (unpaired) electrons. The summed E-state index contributed by atoms with van der Waals surface area (Å²) >= 11 is 0. The van der Waals surface area contributed by atoms with Gasteiger partial charge in [0, 0.05) is 10.8 Å². The highest BCUT2D eigenvalue weighted by atomic mass is 16.6. The summed E-state index contributed by atoms with van der Waals surface area (Å²) < 4.78 is 28.6. The van der Waals surface area contributed by atoms with Crippen molar-refractivity contribution < 1.29 is 26.5 Å². The molecule has 2 heterocycles. The summed E-state index contributed by atoms with van der Waals surface area (Å²) in [6, 6.07) is 9.42. The van der Waals surface area contributed by atoms with Gasteiger partial charge in [-0.3, -0.25) is 0 Å². The molecule has 5 aromatic rings. The molecule has 0 atom stereocenters. The van der Waals surface area contributed by atoms with Gasteiger partial charge >= 0.3 is 23.3 Å². The maximum absolute atomic E-state index is 11.6. The zero-order valence-corrected chi connectivity index (χ0v) is 13.5. The lowest BCUT2D eigenvalue weighted by atomic mass is 10.0. The van der Waals surface area contributed by atoms with E-state index in [-0.39, 0.29) is 22.3 Å². The topological polar surface area (TPSA) is 147 Å². The quantitative estimate of drug-likeness (QED) is 0.366. The summed E-state index contributed by atoms with van der Waals surface area (Å²) in [5.74, 6) is -4.96. The van der Waals surface area contributed by atoms with E-state index in [1.54, 1.807) is 18.2 Å². The normalized spacial score (nSPS) is 11.4. The van der Waals surface area contributed by atoms with Crippen molar-refractivity contribution >= 4 is 43.9 Å². The average molecular weight is 382 g/mol. The summed E-state index contributed by atoms with van der Waals surface area (Å²) in [5.41, 5.74) is -0.171. The number of benzene rings is 3. The van der Waals surface area contributed by atoms with Crippen LogP contribution in [0.1, 0.15) is 0 Å². The molecule has 0 unspecified atom stereocenters. The summed E-state index contributed by atoms with van der Waals surface area (Å²) in [5, 5.41) is 1.98. The Morgan fingerprint density at radius 2 is 0.893 bits per heavy atom. The third-order valence-corrected chi connectivity index (χ3v) is 4.08. The molecule has 0 spiro atoms. The second kappa shape index (κ2) is 5.58. The highest BCUT2D eigenvalue weighted by molar-refractivity contribution is 6.13. The lowest BCUT2D eigenvalue weighted by Crippen LogP contribution is -2.01. The molecule has 0 aliphatic carbocycles. The van der Waals surface area contributed by atoms with Crippen LogP contribution in [-0.4, -0.2) is 0 Å². The molecule has 28 heavy (non-hydrogen) atoms. The molecule has 5 rings (SSSR count). The minimum Gasteiger partial charge on any atom is -0.391 e. The fourth-order valence-electron chi connectivity index (χ4n) is 2.99. The van der Waals surface area contributed by atoms with Gasteiger partial charge in [0.1, 0.15) is 0 Å². The van der Waals surface area contributed by atoms with Crippen LogP contribution in [0.25, 0.3) is 43.9 Å². The van der Waals surface area contributed by atoms with Gasteiger partial charge in [-0.2, -0.15) is 0 Å². The van der Waals surface area contributed by atoms with Crippen LogP contribution < -0.4 is 23.3 Å². The summed E-state index contributed by atoms with van der Waals surface area (Å²) in [7, 11) is 0. The smallest absolute Gasteiger partial charge is 0.391 e. The molecule has 0 aliphatic heterocycles. The maximum Gasteiger partial charge on any atom is 0.524 e. The zero-order valence-electron chi connectivity index (χ0n) is 13.5. The van der Waals surface area contributed by atoms with Crippen LogP contribution in [0.5, 0.6) is 0 Å². The van der Waals surface area contributed by atoms with Crippen LogP contribution in [-0.2, 0) is 0 Å². The van der Waals surface area contributed by atoms with Gasteiger partial charge in [-0.15, -0.1) is 0 Å². The van der Waals surface area contributed by atoms with Gasteiger partial charge in [0.15, 0.2) is 22.3 Å². The molecule has 0 aliphatic rings. The standard InChI is InChI=1S/C18H6O10/c19-15-23-11-3-1-7-5-8-2-4-12-14(26-18(22)28-16(20)24-12)10(8)6-9(7)13(11)25-17(21)27-15/h1-6H. The SMILES string of the molecule is O=c1oc(=O)oc2c(ccc3cc4ccc5oc(=O)oc(=O)oc5c4cc32)o1. The van der Waals surface area contributed by atoms with Gasteiger partial charge in [0.2, 0.25) is 0 Å². The highest BCUT2D eigenvalue weighted by Crippen LogP contribution is 2.31. The molecule has 0 saturated carbocycles. The molecular weight excluding hydrogens is 376 g/mol. The van der Waals surface area contributed by atoms with Crippen molar-refractivity contribution in [2.75, 3.05) is 0 Å². The van der Waals surface area contributed by atoms with E-state index in [0.29, 0.717) is 21.5 Å². The van der Waals surface area contributed by atoms with Crippen molar-refractivity contribution in [3.63, 3.8) is 0 Å². The molecular formula is C18H6O10. The highest BCUT2D eigenvalue weighted by Gasteiger charge is 2.12. The average Bonchev–Trinajstić information content (AvgIpc) is 2.88. The van der Waals surface area contributed by atoms with Crippen molar-refractivity contribution in [1.29, 1.82) is 0 Å². The monoisotopic (exact) mass is 382 g/mol. The summed E-state index contributed by atoms with van der Waals surface area (Å²) in [6.07, 6.45) is 0. The minimum absolute atomic E-state index is 0.0310. The first-order valence-corrected chi connectivity index (χ1v) is 7.74. The Kier molecular flexibility index (Phi) is 3.16. The molecule has 0 amide bonds. The van der Waals surface area contributed by atoms with Crippen LogP contribution in [0, 0.1) is 0 Å². The van der Waals surface area contributed by atoms with Crippen molar-refractivity contribution in [3.8, 4) is 0 Å². The third kappa shape index (κ3) is 2.43. The molecule has 2 aromatic heterocycles. The van der Waals surface area contributed by atoms with E-state index in [1.807, 2.05) is 0 Å². The lowest BCUT2D eigenvalue weighted by Gasteiger charge is -2.03. The number of fused-ring (bicyclic) bond motifs is 6.